The first-order valence-electron chi connectivity index (χ1n) is 43.6. The smallest absolute Gasteiger partial charge is 1.00 e. The molecule has 1 fully saturated rings. The maximum absolute atomic E-state index is 12.3. The first-order valence-corrected chi connectivity index (χ1v) is 47.0. The van der Waals surface area contributed by atoms with E-state index in [0.29, 0.717) is 50.8 Å². The van der Waals surface area contributed by atoms with Crippen molar-refractivity contribution in [3.63, 3.8) is 0 Å². The summed E-state index contributed by atoms with van der Waals surface area (Å²) < 4.78 is 70.1. The fourth-order valence-corrected chi connectivity index (χ4v) is 16.1. The monoisotopic (exact) mass is 2230 g/mol. The Balaban J connectivity index is 0.00000149. The molecule has 1 aliphatic heterocycles. The number of alkyl halides is 4. The number of carbonyl (C=O) groups excluding carboxylic acids is 3. The van der Waals surface area contributed by atoms with Crippen molar-refractivity contribution in [1.82, 2.24) is 4.90 Å². The van der Waals surface area contributed by atoms with Gasteiger partial charge in [-0.15, -0.1) is 0 Å². The van der Waals surface area contributed by atoms with Crippen molar-refractivity contribution in [2.24, 2.45) is 0 Å². The summed E-state index contributed by atoms with van der Waals surface area (Å²) in [6.07, 6.45) is 13.8. The summed E-state index contributed by atoms with van der Waals surface area (Å²) in [5, 5.41) is 62.8. The number of hydrogen-bond donors (Lipinski definition) is 6. The summed E-state index contributed by atoms with van der Waals surface area (Å²) in [5.41, 5.74) is 22.3. The number of likely N-dealkylation sites (tertiary alicyclic amines) is 1. The van der Waals surface area contributed by atoms with Crippen LogP contribution in [0.2, 0.25) is 0 Å². The Morgan fingerprint density at radius 2 is 0.863 bits per heavy atom. The van der Waals surface area contributed by atoms with E-state index in [4.69, 9.17) is 29.9 Å². The molecule has 16 nitrogen and oxygen atoms in total. The third-order valence-electron chi connectivity index (χ3n) is 19.7. The van der Waals surface area contributed by atoms with Gasteiger partial charge in [-0.3, -0.25) is 9.59 Å². The Morgan fingerprint density at radius 3 is 1.28 bits per heavy atom. The number of carbonyl (C=O) groups is 3. The SMILES string of the molecule is C.CC.CC.CC.CC.CC.CC(C)(C)OC(=O)N1CC(I)C1.Cc1ccc2c(c1)CCC(Br)=C2c1ccc(O)cc1.Cc1ccc2c(c1)CCC(c1ccccc1)=C2c1ccc(O)cc1.Cc1ccc2c(c1)CCC=C2OS(=O)(=O)C(F)(F)F.Cc1ccc2c(c1)CCC=C2c1ccc(O)cc1.Cc1ccc2c(c1)CCCC2=O.O=CO[O-].OB(O)c1ccc(O)cc1.[Cs+].[Cs+].[H-]. The third-order valence-corrected chi connectivity index (χ3v) is 22.2. The number of allylic oxidation sites excluding steroid dienone is 4. The van der Waals surface area contributed by atoms with Crippen LogP contribution in [0.1, 0.15) is 248 Å². The quantitative estimate of drug-likeness (QED) is 0.0121. The molecule has 5 aliphatic carbocycles. The number of phenolic OH excluding ortho intramolecular Hbond substituents is 4. The number of amides is 1. The molecule has 16 rings (SSSR count). The number of fused-ring (bicyclic) bond motifs is 5. The first kappa shape index (κ1) is 123. The number of benzene rings is 10. The average molecular weight is 2230 g/mol. The molecule has 10 aromatic rings. The summed E-state index contributed by atoms with van der Waals surface area (Å²) in [5.74, 6) is 1.11. The van der Waals surface area contributed by atoms with Gasteiger partial charge in [0.15, 0.2) is 5.78 Å². The minimum Gasteiger partial charge on any atom is -1.00 e. The van der Waals surface area contributed by atoms with Crippen molar-refractivity contribution in [2.75, 3.05) is 13.1 Å². The van der Waals surface area contributed by atoms with Crippen LogP contribution in [0, 0.1) is 34.6 Å². The molecular formula is C106H131BBrCs2F3INO15S. The molecular weight excluding hydrogens is 2100 g/mol. The van der Waals surface area contributed by atoms with E-state index in [2.05, 4.69) is 172 Å². The standard InChI is InChI=1S/C23H20O.C17H15BrO.C17H16O.C12H11F3O3S.C11H12O.C8H14INO2.C6H7BO3.5C2H6.CH2O3.CH4.2Cs.H/c1-16-7-13-22-19(15-16)10-14-21(17-5-3-2-4-6-17)23(22)18-8-11-20(24)12-9-18;1-11-2-8-15-13(10-11)5-9-16(18)17(15)12-3-6-14(19)7-4-12;1-12-5-10-17-14(11-12)3-2-4-16(17)13-6-8-15(18)9-7-13;1-8-5-6-10-9(7-8)3-2-4-11(10)18-19(16,17)12(13,14)15;1-8-5-6-10-9(7-8)3-2-4-11(10)12;1-8(2,3)12-7(11)10-4-6(9)5-10;8-6-3-1-5(2-4-6)7(9)10;5*1-2;2-1-4-3;;;;/h2-9,11-13,15,24H,10,14H2,1H3;2-4,6-8,10,19H,5,9H2,1H3;4-11,18H,2-3H2,1H3;4-7H,2-3H2,1H3;5-7H,2-4H2,1H3;6H,4-5H2,1-3H3;1-4,8-10H;5*1-2H3;1,3H;1H4;;;/q;;;;;;;;;;;;;;2*+1;-1/p-1. The van der Waals surface area contributed by atoms with Crippen molar-refractivity contribution in [3.05, 3.63) is 341 Å². The van der Waals surface area contributed by atoms with Crippen LogP contribution in [0.5, 0.6) is 23.0 Å². The van der Waals surface area contributed by atoms with E-state index in [9.17, 15) is 46.5 Å². The summed E-state index contributed by atoms with van der Waals surface area (Å²) in [7, 11) is -7.08. The Labute approximate surface area is 919 Å². The maximum atomic E-state index is 12.3. The van der Waals surface area contributed by atoms with Crippen molar-refractivity contribution in [1.29, 1.82) is 0 Å². The zero-order valence-corrected chi connectivity index (χ0v) is 96.1. The number of phenols is 4. The molecule has 696 valence electrons. The molecule has 25 heteroatoms. The maximum Gasteiger partial charge on any atom is 1.00 e. The van der Waals surface area contributed by atoms with Crippen LogP contribution >= 0.6 is 38.5 Å². The molecule has 0 aromatic heterocycles. The summed E-state index contributed by atoms with van der Waals surface area (Å²) in [6, 6.07) is 70.0. The Kier molecular flexibility index (Phi) is 59.0. The van der Waals surface area contributed by atoms with Crippen LogP contribution in [0.4, 0.5) is 18.0 Å². The first-order chi connectivity index (χ1) is 61.1. The molecule has 1 saturated heterocycles. The zero-order valence-electron chi connectivity index (χ0n) is 80.0. The average Bonchev–Trinajstić information content (AvgIpc) is 0.775. The number of nitrogens with zero attached hydrogens (tertiary/aromatic N) is 1. The summed E-state index contributed by atoms with van der Waals surface area (Å²) in [4.78, 5) is 35.7. The Hall–Kier alpha value is -6.43. The molecule has 0 radical (unpaired) electrons. The molecule has 6 aliphatic rings. The molecule has 6 N–H and O–H groups in total. The van der Waals surface area contributed by atoms with Crippen molar-refractivity contribution in [3.8, 4) is 23.0 Å². The van der Waals surface area contributed by atoms with Crippen LogP contribution in [-0.2, 0) is 60.8 Å². The van der Waals surface area contributed by atoms with Crippen molar-refractivity contribution < 1.29 is 225 Å². The van der Waals surface area contributed by atoms with E-state index in [1.54, 1.807) is 53.4 Å². The number of ether oxygens (including phenoxy) is 1. The second kappa shape index (κ2) is 63.1. The Morgan fingerprint density at radius 1 is 0.496 bits per heavy atom. The van der Waals surface area contributed by atoms with Gasteiger partial charge < -0.3 is 55.9 Å². The van der Waals surface area contributed by atoms with Crippen molar-refractivity contribution in [2.45, 2.75) is 218 Å². The van der Waals surface area contributed by atoms with Gasteiger partial charge in [-0.1, -0.05) is 319 Å². The molecule has 0 bridgehead atoms. The van der Waals surface area contributed by atoms with Crippen LogP contribution in [0.15, 0.2) is 235 Å². The second-order valence-corrected chi connectivity index (χ2v) is 34.4. The van der Waals surface area contributed by atoms with E-state index < -0.39 is 22.7 Å². The molecule has 1 heterocycles. The number of rotatable bonds is 8. The molecule has 0 saturated carbocycles. The second-order valence-electron chi connectivity index (χ2n) is 30.1. The van der Waals surface area contributed by atoms with Crippen LogP contribution in [-0.4, -0.2) is 97.4 Å². The van der Waals surface area contributed by atoms with Gasteiger partial charge in [0, 0.05) is 39.0 Å². The molecule has 1 amide bonds. The molecule has 10 aromatic carbocycles. The summed E-state index contributed by atoms with van der Waals surface area (Å²) >= 11 is 6.05. The molecule has 0 spiro atoms. The van der Waals surface area contributed by atoms with E-state index in [1.165, 1.54) is 129 Å². The van der Waals surface area contributed by atoms with E-state index >= 15 is 0 Å². The number of aryl methyl sites for hydroxylation is 10. The number of hydrogen-bond acceptors (Lipinski definition) is 15. The van der Waals surface area contributed by atoms with Gasteiger partial charge >= 0.3 is 167 Å². The van der Waals surface area contributed by atoms with Crippen LogP contribution in [0.3, 0.4) is 0 Å². The predicted molar refractivity (Wildman–Crippen MR) is 534 cm³/mol. The molecule has 131 heavy (non-hydrogen) atoms. The number of aromatic hydroxyl groups is 4. The van der Waals surface area contributed by atoms with Gasteiger partial charge in [-0.2, -0.15) is 21.6 Å². The van der Waals surface area contributed by atoms with E-state index in [0.717, 1.165) is 98.7 Å². The van der Waals surface area contributed by atoms with Gasteiger partial charge in [-0.05, 0) is 269 Å². The van der Waals surface area contributed by atoms with Crippen LogP contribution < -0.4 is 149 Å². The fourth-order valence-electron chi connectivity index (χ4n) is 14.0. The number of Topliss-reactive ketones (excluding diaryl/α,β-unsaturated/α-hetero) is 1. The molecule has 0 unspecified atom stereocenters. The van der Waals surface area contributed by atoms with Gasteiger partial charge in [0.25, 0.3) is 6.47 Å². The van der Waals surface area contributed by atoms with Gasteiger partial charge in [0.2, 0.25) is 0 Å². The number of ketones is 1. The minimum absolute atomic E-state index is 0. The minimum atomic E-state index is -5.62. The van der Waals surface area contributed by atoms with Gasteiger partial charge in [0.05, 0.1) is 0 Å². The van der Waals surface area contributed by atoms with E-state index in [1.807, 2.05) is 152 Å². The van der Waals surface area contributed by atoms with Crippen LogP contribution in [0.25, 0.3) is 28.1 Å². The third kappa shape index (κ3) is 39.7. The summed E-state index contributed by atoms with van der Waals surface area (Å²) in [6.45, 7) is 37.5. The van der Waals surface area contributed by atoms with Crippen molar-refractivity contribution >= 4 is 108 Å². The van der Waals surface area contributed by atoms with Gasteiger partial charge in [0.1, 0.15) is 34.4 Å². The predicted octanol–water partition coefficient (Wildman–Crippen LogP) is 19.6. The van der Waals surface area contributed by atoms with E-state index in [-0.39, 0.29) is 176 Å². The molecule has 0 atom stereocenters. The normalized spacial score (nSPS) is 13.1. The fraction of sp³-hybridized carbons (Fsp3) is 0.330. The van der Waals surface area contributed by atoms with Gasteiger partial charge in [-0.25, -0.2) is 4.79 Å². The number of halogens is 5. The largest absolute Gasteiger partial charge is 1.00 e. The zero-order chi connectivity index (χ0) is 95.6. The topological polar surface area (TPSA) is 261 Å². The Bertz CT molecular complexity index is 5420.